The Morgan fingerprint density at radius 2 is 2.44 bits per heavy atom. The first-order valence-corrected chi connectivity index (χ1v) is 5.66. The fourth-order valence-corrected chi connectivity index (χ4v) is 1.73. The van der Waals surface area contributed by atoms with E-state index in [2.05, 4.69) is 23.5 Å². The maximum atomic E-state index is 11.5. The van der Waals surface area contributed by atoms with Crippen molar-refractivity contribution in [3.05, 3.63) is 0 Å². The lowest BCUT2D eigenvalue weighted by molar-refractivity contribution is -0.122. The highest BCUT2D eigenvalue weighted by atomic mass is 16.5. The monoisotopic (exact) mass is 224 g/mol. The van der Waals surface area contributed by atoms with Crippen LogP contribution in [0.25, 0.3) is 0 Å². The molecule has 1 amide bonds. The summed E-state index contributed by atoms with van der Waals surface area (Å²) < 4.78 is 5.63. The van der Waals surface area contributed by atoms with Gasteiger partial charge in [-0.25, -0.2) is 0 Å². The Kier molecular flexibility index (Phi) is 4.78. The van der Waals surface area contributed by atoms with Crippen molar-refractivity contribution in [1.82, 2.24) is 10.6 Å². The van der Waals surface area contributed by atoms with Gasteiger partial charge in [0, 0.05) is 13.2 Å². The van der Waals surface area contributed by atoms with E-state index >= 15 is 0 Å². The molecule has 0 aromatic heterocycles. The Labute approximate surface area is 97.1 Å². The number of amides is 1. The number of nitrogens with one attached hydrogen (secondary N) is 2. The lowest BCUT2D eigenvalue weighted by atomic mass is 10.0. The molecule has 4 heteroatoms. The van der Waals surface area contributed by atoms with E-state index in [4.69, 9.17) is 11.2 Å². The maximum absolute atomic E-state index is 11.5. The largest absolute Gasteiger partial charge is 0.374 e. The van der Waals surface area contributed by atoms with Crippen molar-refractivity contribution < 1.29 is 9.53 Å². The van der Waals surface area contributed by atoms with E-state index in [1.807, 2.05) is 6.92 Å². The van der Waals surface area contributed by atoms with Crippen molar-refractivity contribution in [1.29, 1.82) is 0 Å². The molecule has 0 aromatic carbocycles. The van der Waals surface area contributed by atoms with Crippen LogP contribution in [-0.2, 0) is 9.53 Å². The van der Waals surface area contributed by atoms with Gasteiger partial charge in [-0.3, -0.25) is 4.79 Å². The second-order valence-electron chi connectivity index (χ2n) is 4.43. The van der Waals surface area contributed by atoms with E-state index in [0.717, 1.165) is 19.4 Å². The SMILES string of the molecule is C#CCNC(=O)C(C)NCC1(C)CCCO1. The van der Waals surface area contributed by atoms with Crippen LogP contribution in [0, 0.1) is 12.3 Å². The third-order valence-corrected chi connectivity index (χ3v) is 2.84. The Balaban J connectivity index is 2.26. The van der Waals surface area contributed by atoms with Crippen molar-refractivity contribution in [2.75, 3.05) is 19.7 Å². The average molecular weight is 224 g/mol. The molecule has 2 N–H and O–H groups in total. The summed E-state index contributed by atoms with van der Waals surface area (Å²) >= 11 is 0. The number of ether oxygens (including phenoxy) is 1. The van der Waals surface area contributed by atoms with Gasteiger partial charge in [0.2, 0.25) is 5.91 Å². The molecule has 4 nitrogen and oxygen atoms in total. The predicted molar refractivity (Wildman–Crippen MR) is 62.9 cm³/mol. The van der Waals surface area contributed by atoms with Crippen LogP contribution in [0.2, 0.25) is 0 Å². The molecule has 1 rings (SSSR count). The zero-order valence-electron chi connectivity index (χ0n) is 10.0. The molecule has 0 radical (unpaired) electrons. The van der Waals surface area contributed by atoms with Crippen molar-refractivity contribution in [2.45, 2.75) is 38.3 Å². The van der Waals surface area contributed by atoms with E-state index < -0.39 is 0 Å². The number of hydrogen-bond donors (Lipinski definition) is 2. The van der Waals surface area contributed by atoms with Crippen LogP contribution in [0.4, 0.5) is 0 Å². The lowest BCUT2D eigenvalue weighted by Gasteiger charge is -2.25. The maximum Gasteiger partial charge on any atom is 0.237 e. The van der Waals surface area contributed by atoms with Gasteiger partial charge in [-0.15, -0.1) is 6.42 Å². The zero-order chi connectivity index (χ0) is 12.0. The number of terminal acetylenes is 1. The highest BCUT2D eigenvalue weighted by molar-refractivity contribution is 5.81. The van der Waals surface area contributed by atoms with Gasteiger partial charge in [-0.2, -0.15) is 0 Å². The van der Waals surface area contributed by atoms with Gasteiger partial charge < -0.3 is 15.4 Å². The van der Waals surface area contributed by atoms with Crippen LogP contribution in [-0.4, -0.2) is 37.2 Å². The van der Waals surface area contributed by atoms with Crippen LogP contribution < -0.4 is 10.6 Å². The van der Waals surface area contributed by atoms with E-state index in [-0.39, 0.29) is 24.1 Å². The minimum absolute atomic E-state index is 0.0699. The molecule has 1 aliphatic rings. The van der Waals surface area contributed by atoms with E-state index in [0.29, 0.717) is 6.54 Å². The van der Waals surface area contributed by atoms with Crippen LogP contribution in [0.3, 0.4) is 0 Å². The molecular weight excluding hydrogens is 204 g/mol. The first kappa shape index (κ1) is 13.0. The summed E-state index contributed by atoms with van der Waals surface area (Å²) in [7, 11) is 0. The Hall–Kier alpha value is -1.05. The molecule has 0 spiro atoms. The first-order chi connectivity index (χ1) is 7.57. The minimum Gasteiger partial charge on any atom is -0.374 e. The number of carbonyl (C=O) groups excluding carboxylic acids is 1. The van der Waals surface area contributed by atoms with E-state index in [1.54, 1.807) is 0 Å². The van der Waals surface area contributed by atoms with Gasteiger partial charge in [-0.1, -0.05) is 5.92 Å². The normalized spacial score (nSPS) is 26.1. The average Bonchev–Trinajstić information content (AvgIpc) is 2.70. The Morgan fingerprint density at radius 3 is 3.00 bits per heavy atom. The summed E-state index contributed by atoms with van der Waals surface area (Å²) in [5, 5.41) is 5.81. The number of rotatable bonds is 5. The van der Waals surface area contributed by atoms with Gasteiger partial charge in [0.05, 0.1) is 18.2 Å². The van der Waals surface area contributed by atoms with Gasteiger partial charge in [0.1, 0.15) is 0 Å². The smallest absolute Gasteiger partial charge is 0.237 e. The number of carbonyl (C=O) groups is 1. The Bertz CT molecular complexity index is 277. The highest BCUT2D eigenvalue weighted by Gasteiger charge is 2.30. The molecule has 16 heavy (non-hydrogen) atoms. The summed E-state index contributed by atoms with van der Waals surface area (Å²) in [6.45, 7) is 5.68. The van der Waals surface area contributed by atoms with Gasteiger partial charge in [0.25, 0.3) is 0 Å². The van der Waals surface area contributed by atoms with Gasteiger partial charge >= 0.3 is 0 Å². The third-order valence-electron chi connectivity index (χ3n) is 2.84. The zero-order valence-corrected chi connectivity index (χ0v) is 10.0. The third kappa shape index (κ3) is 3.84. The summed E-state index contributed by atoms with van der Waals surface area (Å²) in [4.78, 5) is 11.5. The van der Waals surface area contributed by atoms with Gasteiger partial charge in [0.15, 0.2) is 0 Å². The fraction of sp³-hybridized carbons (Fsp3) is 0.750. The lowest BCUT2D eigenvalue weighted by Crippen LogP contribution is -2.47. The van der Waals surface area contributed by atoms with Crippen molar-refractivity contribution in [3.8, 4) is 12.3 Å². The molecule has 1 aliphatic heterocycles. The quantitative estimate of drug-likeness (QED) is 0.660. The van der Waals surface area contributed by atoms with E-state index in [9.17, 15) is 4.79 Å². The number of hydrogen-bond acceptors (Lipinski definition) is 3. The first-order valence-electron chi connectivity index (χ1n) is 5.66. The molecule has 1 heterocycles. The van der Waals surface area contributed by atoms with Crippen LogP contribution in [0.15, 0.2) is 0 Å². The Morgan fingerprint density at radius 1 is 1.69 bits per heavy atom. The second-order valence-corrected chi connectivity index (χ2v) is 4.43. The second kappa shape index (κ2) is 5.88. The van der Waals surface area contributed by atoms with Crippen molar-refractivity contribution in [3.63, 3.8) is 0 Å². The summed E-state index contributed by atoms with van der Waals surface area (Å²) in [6.07, 6.45) is 7.20. The fourth-order valence-electron chi connectivity index (χ4n) is 1.73. The van der Waals surface area contributed by atoms with Crippen LogP contribution in [0.1, 0.15) is 26.7 Å². The van der Waals surface area contributed by atoms with Crippen molar-refractivity contribution in [2.24, 2.45) is 0 Å². The molecule has 0 aliphatic carbocycles. The van der Waals surface area contributed by atoms with Crippen molar-refractivity contribution >= 4 is 5.91 Å². The molecule has 0 saturated carbocycles. The molecule has 90 valence electrons. The molecule has 0 aromatic rings. The molecule has 1 fully saturated rings. The van der Waals surface area contributed by atoms with Crippen LogP contribution >= 0.6 is 0 Å². The van der Waals surface area contributed by atoms with E-state index in [1.165, 1.54) is 0 Å². The molecule has 2 atom stereocenters. The summed E-state index contributed by atoms with van der Waals surface area (Å²) in [5.41, 5.74) is -0.124. The molecule has 1 saturated heterocycles. The van der Waals surface area contributed by atoms with Gasteiger partial charge in [-0.05, 0) is 26.7 Å². The molecule has 2 unspecified atom stereocenters. The molecule has 0 bridgehead atoms. The summed E-state index contributed by atoms with van der Waals surface area (Å²) in [5.74, 6) is 2.30. The summed E-state index contributed by atoms with van der Waals surface area (Å²) in [6, 6.07) is -0.241. The molecular formula is C12H20N2O2. The highest BCUT2D eigenvalue weighted by Crippen LogP contribution is 2.23. The minimum atomic E-state index is -0.241. The topological polar surface area (TPSA) is 50.4 Å². The standard InChI is InChI=1S/C12H20N2O2/c1-4-7-13-11(15)10(2)14-9-12(3)6-5-8-16-12/h1,10,14H,5-9H2,2-3H3,(H,13,15). The van der Waals surface area contributed by atoms with Crippen LogP contribution in [0.5, 0.6) is 0 Å². The predicted octanol–water partition coefficient (Wildman–Crippen LogP) is 0.283.